The molecule has 106 valence electrons. The Kier molecular flexibility index (Phi) is 5.15. The van der Waals surface area contributed by atoms with Crippen molar-refractivity contribution in [3.05, 3.63) is 63.9 Å². The van der Waals surface area contributed by atoms with Gasteiger partial charge in [0.2, 0.25) is 0 Å². The standard InChI is InChI=1S/C16H17BrFNO/c1-11(13-4-3-5-14(9-13)20-2)19-10-12-6-7-15(17)16(18)8-12/h3-9,11,19H,10H2,1-2H3/t11-/m1/s1. The molecule has 0 aliphatic rings. The third-order valence-electron chi connectivity index (χ3n) is 3.19. The first-order valence-electron chi connectivity index (χ1n) is 6.41. The van der Waals surface area contributed by atoms with Crippen LogP contribution in [0.5, 0.6) is 5.75 Å². The number of nitrogens with one attached hydrogen (secondary N) is 1. The van der Waals surface area contributed by atoms with E-state index in [0.717, 1.165) is 16.9 Å². The Morgan fingerprint density at radius 3 is 2.75 bits per heavy atom. The Morgan fingerprint density at radius 1 is 1.25 bits per heavy atom. The number of hydrogen-bond acceptors (Lipinski definition) is 2. The largest absolute Gasteiger partial charge is 0.497 e. The maximum Gasteiger partial charge on any atom is 0.137 e. The summed E-state index contributed by atoms with van der Waals surface area (Å²) in [6, 6.07) is 13.3. The summed E-state index contributed by atoms with van der Waals surface area (Å²) >= 11 is 3.15. The van der Waals surface area contributed by atoms with Crippen LogP contribution < -0.4 is 10.1 Å². The van der Waals surface area contributed by atoms with Gasteiger partial charge in [0.15, 0.2) is 0 Å². The minimum Gasteiger partial charge on any atom is -0.497 e. The lowest BCUT2D eigenvalue weighted by Crippen LogP contribution is -2.18. The molecule has 2 nitrogen and oxygen atoms in total. The van der Waals surface area contributed by atoms with Gasteiger partial charge in [-0.1, -0.05) is 18.2 Å². The lowest BCUT2D eigenvalue weighted by Gasteiger charge is -2.15. The quantitative estimate of drug-likeness (QED) is 0.870. The van der Waals surface area contributed by atoms with Crippen molar-refractivity contribution < 1.29 is 9.13 Å². The fourth-order valence-corrected chi connectivity index (χ4v) is 2.20. The monoisotopic (exact) mass is 337 g/mol. The molecule has 0 amide bonds. The molecule has 0 fully saturated rings. The van der Waals surface area contributed by atoms with E-state index < -0.39 is 0 Å². The van der Waals surface area contributed by atoms with Crippen molar-refractivity contribution in [1.82, 2.24) is 5.32 Å². The first-order valence-corrected chi connectivity index (χ1v) is 7.20. The summed E-state index contributed by atoms with van der Waals surface area (Å²) in [6.07, 6.45) is 0. The Morgan fingerprint density at radius 2 is 2.05 bits per heavy atom. The van der Waals surface area contributed by atoms with Gasteiger partial charge in [0.1, 0.15) is 11.6 Å². The third-order valence-corrected chi connectivity index (χ3v) is 3.83. The van der Waals surface area contributed by atoms with Gasteiger partial charge in [-0.15, -0.1) is 0 Å². The van der Waals surface area contributed by atoms with Gasteiger partial charge in [0.05, 0.1) is 11.6 Å². The molecule has 2 aromatic rings. The van der Waals surface area contributed by atoms with Gasteiger partial charge in [-0.2, -0.15) is 0 Å². The average Bonchev–Trinajstić information content (AvgIpc) is 2.48. The second-order valence-electron chi connectivity index (χ2n) is 4.63. The Labute approximate surface area is 127 Å². The molecule has 1 atom stereocenters. The van der Waals surface area contributed by atoms with Crippen molar-refractivity contribution in [3.63, 3.8) is 0 Å². The Hall–Kier alpha value is -1.39. The van der Waals surface area contributed by atoms with E-state index in [4.69, 9.17) is 4.74 Å². The highest BCUT2D eigenvalue weighted by atomic mass is 79.9. The predicted molar refractivity (Wildman–Crippen MR) is 82.3 cm³/mol. The average molecular weight is 338 g/mol. The molecule has 0 aliphatic heterocycles. The molecule has 1 N–H and O–H groups in total. The number of ether oxygens (including phenoxy) is 1. The Bertz CT molecular complexity index is 588. The molecule has 4 heteroatoms. The molecule has 0 aliphatic carbocycles. The van der Waals surface area contributed by atoms with Crippen LogP contribution >= 0.6 is 15.9 Å². The highest BCUT2D eigenvalue weighted by Gasteiger charge is 2.07. The lowest BCUT2D eigenvalue weighted by molar-refractivity contribution is 0.413. The van der Waals surface area contributed by atoms with Crippen molar-refractivity contribution >= 4 is 15.9 Å². The van der Waals surface area contributed by atoms with E-state index in [1.165, 1.54) is 6.07 Å². The van der Waals surface area contributed by atoms with E-state index in [-0.39, 0.29) is 11.9 Å². The zero-order chi connectivity index (χ0) is 14.5. The molecule has 0 aromatic heterocycles. The van der Waals surface area contributed by atoms with Gasteiger partial charge in [0.25, 0.3) is 0 Å². The van der Waals surface area contributed by atoms with Crippen molar-refractivity contribution in [2.45, 2.75) is 19.5 Å². The molecule has 20 heavy (non-hydrogen) atoms. The van der Waals surface area contributed by atoms with Crippen LogP contribution in [0.1, 0.15) is 24.1 Å². The van der Waals surface area contributed by atoms with Crippen LogP contribution in [-0.2, 0) is 6.54 Å². The van der Waals surface area contributed by atoms with Gasteiger partial charge < -0.3 is 10.1 Å². The van der Waals surface area contributed by atoms with Gasteiger partial charge in [-0.05, 0) is 58.2 Å². The summed E-state index contributed by atoms with van der Waals surface area (Å²) in [5, 5.41) is 3.38. The molecular weight excluding hydrogens is 321 g/mol. The molecule has 0 saturated heterocycles. The SMILES string of the molecule is COc1cccc([C@@H](C)NCc2ccc(Br)c(F)c2)c1. The fourth-order valence-electron chi connectivity index (χ4n) is 1.95. The normalized spacial score (nSPS) is 12.2. The van der Waals surface area contributed by atoms with Gasteiger partial charge in [-0.3, -0.25) is 0 Å². The summed E-state index contributed by atoms with van der Waals surface area (Å²) in [7, 11) is 1.65. The zero-order valence-corrected chi connectivity index (χ0v) is 13.1. The first kappa shape index (κ1) is 15.0. The molecular formula is C16H17BrFNO. The predicted octanol–water partition coefficient (Wildman–Crippen LogP) is 4.45. The molecule has 0 bridgehead atoms. The molecule has 0 heterocycles. The van der Waals surface area contributed by atoms with Gasteiger partial charge >= 0.3 is 0 Å². The third kappa shape index (κ3) is 3.81. The molecule has 0 saturated carbocycles. The second-order valence-corrected chi connectivity index (χ2v) is 5.48. The summed E-state index contributed by atoms with van der Waals surface area (Å²) in [5.41, 5.74) is 2.06. The van der Waals surface area contributed by atoms with Gasteiger partial charge in [0, 0.05) is 12.6 Å². The van der Waals surface area contributed by atoms with Crippen LogP contribution in [-0.4, -0.2) is 7.11 Å². The number of hydrogen-bond donors (Lipinski definition) is 1. The van der Waals surface area contributed by atoms with E-state index in [1.807, 2.05) is 30.3 Å². The van der Waals surface area contributed by atoms with Crippen LogP contribution in [0.3, 0.4) is 0 Å². The summed E-state index contributed by atoms with van der Waals surface area (Å²) in [5.74, 6) is 0.601. The fraction of sp³-hybridized carbons (Fsp3) is 0.250. The molecule has 2 aromatic carbocycles. The number of benzene rings is 2. The van der Waals surface area contributed by atoms with E-state index in [1.54, 1.807) is 13.2 Å². The number of methoxy groups -OCH3 is 1. The lowest BCUT2D eigenvalue weighted by atomic mass is 10.1. The second kappa shape index (κ2) is 6.86. The number of rotatable bonds is 5. The minimum atomic E-state index is -0.238. The molecule has 0 spiro atoms. The Balaban J connectivity index is 2.00. The van der Waals surface area contributed by atoms with E-state index in [0.29, 0.717) is 11.0 Å². The van der Waals surface area contributed by atoms with E-state index in [9.17, 15) is 4.39 Å². The minimum absolute atomic E-state index is 0.164. The van der Waals surface area contributed by atoms with Crippen LogP contribution in [0, 0.1) is 5.82 Å². The van der Waals surface area contributed by atoms with Crippen molar-refractivity contribution in [3.8, 4) is 5.75 Å². The molecule has 0 radical (unpaired) electrons. The van der Waals surface area contributed by atoms with Crippen molar-refractivity contribution in [1.29, 1.82) is 0 Å². The smallest absolute Gasteiger partial charge is 0.137 e. The maximum atomic E-state index is 13.4. The zero-order valence-electron chi connectivity index (χ0n) is 11.5. The van der Waals surface area contributed by atoms with Crippen LogP contribution in [0.15, 0.2) is 46.9 Å². The maximum absolute atomic E-state index is 13.4. The van der Waals surface area contributed by atoms with Gasteiger partial charge in [-0.25, -0.2) is 4.39 Å². The number of halogens is 2. The van der Waals surface area contributed by atoms with Crippen LogP contribution in [0.4, 0.5) is 4.39 Å². The van der Waals surface area contributed by atoms with Crippen molar-refractivity contribution in [2.75, 3.05) is 7.11 Å². The van der Waals surface area contributed by atoms with Crippen LogP contribution in [0.2, 0.25) is 0 Å². The van der Waals surface area contributed by atoms with Crippen LogP contribution in [0.25, 0.3) is 0 Å². The van der Waals surface area contributed by atoms with E-state index in [2.05, 4.69) is 28.2 Å². The highest BCUT2D eigenvalue weighted by Crippen LogP contribution is 2.20. The molecule has 0 unspecified atom stereocenters. The molecule has 2 rings (SSSR count). The summed E-state index contributed by atoms with van der Waals surface area (Å²) < 4.78 is 19.1. The first-order chi connectivity index (χ1) is 9.60. The summed E-state index contributed by atoms with van der Waals surface area (Å²) in [6.45, 7) is 2.69. The summed E-state index contributed by atoms with van der Waals surface area (Å²) in [4.78, 5) is 0. The topological polar surface area (TPSA) is 21.3 Å². The highest BCUT2D eigenvalue weighted by molar-refractivity contribution is 9.10. The van der Waals surface area contributed by atoms with Crippen molar-refractivity contribution in [2.24, 2.45) is 0 Å². The van der Waals surface area contributed by atoms with E-state index >= 15 is 0 Å².